The lowest BCUT2D eigenvalue weighted by Crippen LogP contribution is -2.42. The van der Waals surface area contributed by atoms with Crippen LogP contribution in [0.3, 0.4) is 0 Å². The van der Waals surface area contributed by atoms with Crippen LogP contribution in [0.4, 0.5) is 0 Å². The van der Waals surface area contributed by atoms with E-state index in [1.54, 1.807) is 0 Å². The highest BCUT2D eigenvalue weighted by atomic mass is 28.4. The highest BCUT2D eigenvalue weighted by molar-refractivity contribution is 6.74. The molecule has 0 radical (unpaired) electrons. The first kappa shape index (κ1) is 22.3. The molecule has 3 nitrogen and oxygen atoms in total. The Bertz CT molecular complexity index is 328. The lowest BCUT2D eigenvalue weighted by Gasteiger charge is -2.37. The van der Waals surface area contributed by atoms with Crippen LogP contribution in [0.1, 0.15) is 54.4 Å². The first-order valence-corrected chi connectivity index (χ1v) is 14.4. The summed E-state index contributed by atoms with van der Waals surface area (Å²) in [5.41, 5.74) is 0. The summed E-state index contributed by atoms with van der Waals surface area (Å²) in [6.07, 6.45) is 1.27. The molecule has 0 heterocycles. The van der Waals surface area contributed by atoms with Gasteiger partial charge in [0.15, 0.2) is 16.6 Å². The minimum atomic E-state index is -1.75. The largest absolute Gasteiger partial charge is 0.417 e. The second-order valence-electron chi connectivity index (χ2n) is 9.48. The van der Waals surface area contributed by atoms with Crippen LogP contribution >= 0.6 is 0 Å². The molecule has 134 valence electrons. The fourth-order valence-corrected chi connectivity index (χ4v) is 3.60. The Kier molecular flexibility index (Phi) is 8.04. The van der Waals surface area contributed by atoms with Gasteiger partial charge in [-0.3, -0.25) is 0 Å². The normalized spacial score (nSPS) is 16.0. The molecule has 1 N–H and O–H groups in total. The Morgan fingerprint density at radius 3 is 1.64 bits per heavy atom. The number of rotatable bonds is 8. The van der Waals surface area contributed by atoms with Crippen molar-refractivity contribution in [3.8, 4) is 0 Å². The number of hydrogen-bond donors (Lipinski definition) is 1. The predicted molar refractivity (Wildman–Crippen MR) is 102 cm³/mol. The van der Waals surface area contributed by atoms with Crippen LogP contribution in [0.2, 0.25) is 36.3 Å². The molecule has 1 atom stereocenters. The molecule has 5 heteroatoms. The number of hydrogen-bond acceptors (Lipinski definition) is 3. The molecule has 0 rings (SSSR count). The van der Waals surface area contributed by atoms with Crippen LogP contribution in [0, 0.1) is 0 Å². The van der Waals surface area contributed by atoms with E-state index in [0.29, 0.717) is 6.61 Å². The van der Waals surface area contributed by atoms with Crippen molar-refractivity contribution >= 4 is 16.6 Å². The van der Waals surface area contributed by atoms with Gasteiger partial charge in [-0.05, 0) is 49.1 Å². The van der Waals surface area contributed by atoms with Gasteiger partial charge in [0.2, 0.25) is 0 Å². The first-order valence-electron chi connectivity index (χ1n) is 8.56. The Balaban J connectivity index is 4.05. The zero-order valence-corrected chi connectivity index (χ0v) is 18.7. The molecule has 0 aromatic carbocycles. The molecule has 0 aliphatic heterocycles. The second-order valence-corrected chi connectivity index (χ2v) is 19.1. The molecule has 0 bridgehead atoms. The van der Waals surface area contributed by atoms with E-state index in [-0.39, 0.29) is 16.2 Å². The van der Waals surface area contributed by atoms with E-state index in [2.05, 4.69) is 67.7 Å². The van der Waals surface area contributed by atoms with Crippen molar-refractivity contribution in [3.63, 3.8) is 0 Å². The summed E-state index contributed by atoms with van der Waals surface area (Å²) in [6, 6.07) is 0. The standard InChI is InChI=1S/C17H40O3Si2/c1-16(2,3)21(7,8)19-13-11-12-15(18)14-20-22(9,10)17(4,5)6/h15,18H,11-14H2,1-10H3/t15-/m0/s1. The number of aliphatic hydroxyl groups is 1. The molecule has 0 amide bonds. The first-order chi connectivity index (χ1) is 9.60. The quantitative estimate of drug-likeness (QED) is 0.486. The zero-order chi connectivity index (χ0) is 17.8. The third-order valence-electron chi connectivity index (χ3n) is 5.39. The van der Waals surface area contributed by atoms with Crippen molar-refractivity contribution in [1.29, 1.82) is 0 Å². The zero-order valence-electron chi connectivity index (χ0n) is 16.7. The Morgan fingerprint density at radius 2 is 1.23 bits per heavy atom. The molecule has 0 aliphatic carbocycles. The van der Waals surface area contributed by atoms with E-state index < -0.39 is 16.6 Å². The van der Waals surface area contributed by atoms with E-state index in [4.69, 9.17) is 8.85 Å². The van der Waals surface area contributed by atoms with Gasteiger partial charge in [0, 0.05) is 6.61 Å². The van der Waals surface area contributed by atoms with Crippen LogP contribution in [0.15, 0.2) is 0 Å². The van der Waals surface area contributed by atoms with Gasteiger partial charge in [-0.2, -0.15) is 0 Å². The van der Waals surface area contributed by atoms with Gasteiger partial charge < -0.3 is 14.0 Å². The molecule has 0 unspecified atom stereocenters. The third kappa shape index (κ3) is 7.26. The molecule has 0 saturated carbocycles. The maximum absolute atomic E-state index is 10.1. The van der Waals surface area contributed by atoms with Crippen LogP contribution in [0.25, 0.3) is 0 Å². The van der Waals surface area contributed by atoms with Crippen molar-refractivity contribution < 1.29 is 14.0 Å². The molecule has 0 aliphatic rings. The van der Waals surface area contributed by atoms with E-state index in [1.165, 1.54) is 0 Å². The summed E-state index contributed by atoms with van der Waals surface area (Å²) in [7, 11) is -3.41. The maximum Gasteiger partial charge on any atom is 0.192 e. The monoisotopic (exact) mass is 348 g/mol. The Hall–Kier alpha value is 0.314. The van der Waals surface area contributed by atoms with E-state index >= 15 is 0 Å². The molecule has 0 saturated heterocycles. The molecule has 22 heavy (non-hydrogen) atoms. The summed E-state index contributed by atoms with van der Waals surface area (Å²) < 4.78 is 12.2. The fourth-order valence-electron chi connectivity index (χ4n) is 1.47. The lowest BCUT2D eigenvalue weighted by molar-refractivity contribution is 0.0865. The van der Waals surface area contributed by atoms with E-state index in [9.17, 15) is 5.11 Å². The van der Waals surface area contributed by atoms with Crippen molar-refractivity contribution in [2.45, 2.75) is 96.8 Å². The maximum atomic E-state index is 10.1. The lowest BCUT2D eigenvalue weighted by atomic mass is 10.2. The van der Waals surface area contributed by atoms with Gasteiger partial charge in [-0.25, -0.2) is 0 Å². The van der Waals surface area contributed by atoms with Gasteiger partial charge in [-0.1, -0.05) is 41.5 Å². The fraction of sp³-hybridized carbons (Fsp3) is 1.00. The van der Waals surface area contributed by atoms with Crippen molar-refractivity contribution in [2.75, 3.05) is 13.2 Å². The smallest absolute Gasteiger partial charge is 0.192 e. The summed E-state index contributed by atoms with van der Waals surface area (Å²) in [4.78, 5) is 0. The van der Waals surface area contributed by atoms with E-state index in [0.717, 1.165) is 19.4 Å². The minimum Gasteiger partial charge on any atom is -0.417 e. The SMILES string of the molecule is CC(C)(C)[Si](C)(C)OCCC[C@H](O)CO[Si](C)(C)C(C)(C)C. The van der Waals surface area contributed by atoms with Crippen molar-refractivity contribution in [2.24, 2.45) is 0 Å². The van der Waals surface area contributed by atoms with Crippen molar-refractivity contribution in [3.05, 3.63) is 0 Å². The molecular weight excluding hydrogens is 308 g/mol. The highest BCUT2D eigenvalue weighted by Gasteiger charge is 2.38. The summed E-state index contributed by atoms with van der Waals surface area (Å²) >= 11 is 0. The molecule has 0 spiro atoms. The molecule has 0 aromatic heterocycles. The third-order valence-corrected chi connectivity index (χ3v) is 14.4. The molecule has 0 aromatic rings. The van der Waals surface area contributed by atoms with Gasteiger partial charge in [0.05, 0.1) is 12.7 Å². The predicted octanol–water partition coefficient (Wildman–Crippen LogP) is 5.17. The average Bonchev–Trinajstić information content (AvgIpc) is 2.29. The molecular formula is C17H40O3Si2. The van der Waals surface area contributed by atoms with Crippen LogP contribution in [-0.4, -0.2) is 41.1 Å². The number of aliphatic hydroxyl groups excluding tert-OH is 1. The van der Waals surface area contributed by atoms with E-state index in [1.807, 2.05) is 0 Å². The van der Waals surface area contributed by atoms with Crippen LogP contribution in [0.5, 0.6) is 0 Å². The van der Waals surface area contributed by atoms with Gasteiger partial charge in [0.1, 0.15) is 0 Å². The summed E-state index contributed by atoms with van der Waals surface area (Å²) in [5, 5.41) is 10.6. The highest BCUT2D eigenvalue weighted by Crippen LogP contribution is 2.37. The Labute approximate surface area is 141 Å². The average molecular weight is 349 g/mol. The second kappa shape index (κ2) is 7.92. The van der Waals surface area contributed by atoms with Gasteiger partial charge >= 0.3 is 0 Å². The Morgan fingerprint density at radius 1 is 0.818 bits per heavy atom. The van der Waals surface area contributed by atoms with Gasteiger partial charge in [-0.15, -0.1) is 0 Å². The van der Waals surface area contributed by atoms with Crippen LogP contribution < -0.4 is 0 Å². The summed E-state index contributed by atoms with van der Waals surface area (Å²) in [5.74, 6) is 0. The molecule has 0 fully saturated rings. The van der Waals surface area contributed by atoms with Crippen molar-refractivity contribution in [1.82, 2.24) is 0 Å². The topological polar surface area (TPSA) is 38.7 Å². The van der Waals surface area contributed by atoms with Crippen LogP contribution in [-0.2, 0) is 8.85 Å². The van der Waals surface area contributed by atoms with Gasteiger partial charge in [0.25, 0.3) is 0 Å². The minimum absolute atomic E-state index is 0.193. The summed E-state index contributed by atoms with van der Waals surface area (Å²) in [6.45, 7) is 23.6.